The van der Waals surface area contributed by atoms with Crippen molar-refractivity contribution in [2.45, 2.75) is 30.8 Å². The number of para-hydroxylation sites is 1. The van der Waals surface area contributed by atoms with Gasteiger partial charge in [0.05, 0.1) is 10.6 Å². The topological polar surface area (TPSA) is 86.8 Å². The second kappa shape index (κ2) is 14.4. The summed E-state index contributed by atoms with van der Waals surface area (Å²) >= 11 is 12.3. The molecule has 0 heterocycles. The van der Waals surface area contributed by atoms with E-state index >= 15 is 0 Å². The highest BCUT2D eigenvalue weighted by Gasteiger charge is 2.34. The number of benzene rings is 4. The fourth-order valence-corrected chi connectivity index (χ4v) is 6.29. The Balaban J connectivity index is 1.78. The van der Waals surface area contributed by atoms with Gasteiger partial charge in [-0.25, -0.2) is 8.42 Å². The maximum Gasteiger partial charge on any atom is 0.264 e. The molecule has 4 aromatic carbocycles. The highest BCUT2D eigenvalue weighted by Crippen LogP contribution is 2.26. The first-order valence-corrected chi connectivity index (χ1v) is 15.6. The molecule has 0 spiro atoms. The van der Waals surface area contributed by atoms with Crippen molar-refractivity contribution >= 4 is 50.7 Å². The molecule has 7 nitrogen and oxygen atoms in total. The molecule has 0 aromatic heterocycles. The van der Waals surface area contributed by atoms with Gasteiger partial charge in [0.25, 0.3) is 10.0 Å². The number of nitrogens with one attached hydrogen (secondary N) is 1. The summed E-state index contributed by atoms with van der Waals surface area (Å²) in [4.78, 5) is 29.2. The van der Waals surface area contributed by atoms with Gasteiger partial charge in [0.15, 0.2) is 0 Å². The Morgan fingerprint density at radius 3 is 2.02 bits per heavy atom. The van der Waals surface area contributed by atoms with Crippen molar-refractivity contribution < 1.29 is 18.0 Å². The molecule has 0 bridgehead atoms. The number of carbonyl (C=O) groups excluding carboxylic acids is 2. The fraction of sp³-hybridized carbons (Fsp3) is 0.188. The monoisotopic (exact) mass is 623 g/mol. The van der Waals surface area contributed by atoms with Crippen molar-refractivity contribution in [2.75, 3.05) is 17.4 Å². The molecule has 42 heavy (non-hydrogen) atoms. The lowest BCUT2D eigenvalue weighted by Gasteiger charge is -2.33. The normalized spacial score (nSPS) is 11.9. The molecule has 0 aliphatic rings. The Morgan fingerprint density at radius 1 is 0.786 bits per heavy atom. The summed E-state index contributed by atoms with van der Waals surface area (Å²) in [5.74, 6) is -0.896. The molecule has 0 aliphatic carbocycles. The molecular weight excluding hydrogens is 593 g/mol. The van der Waals surface area contributed by atoms with Crippen LogP contribution in [0.3, 0.4) is 0 Å². The molecule has 1 N–H and O–H groups in total. The number of amides is 2. The van der Waals surface area contributed by atoms with Crippen LogP contribution in [0.5, 0.6) is 0 Å². The van der Waals surface area contributed by atoms with Crippen LogP contribution in [0.4, 0.5) is 5.69 Å². The van der Waals surface area contributed by atoms with Crippen molar-refractivity contribution in [3.8, 4) is 0 Å². The van der Waals surface area contributed by atoms with Crippen molar-refractivity contribution in [1.29, 1.82) is 0 Å². The zero-order valence-electron chi connectivity index (χ0n) is 23.0. The van der Waals surface area contributed by atoms with E-state index in [2.05, 4.69) is 5.32 Å². The fourth-order valence-electron chi connectivity index (χ4n) is 4.53. The van der Waals surface area contributed by atoms with Crippen LogP contribution in [0.1, 0.15) is 18.1 Å². The van der Waals surface area contributed by atoms with E-state index in [9.17, 15) is 18.0 Å². The summed E-state index contributed by atoms with van der Waals surface area (Å²) in [7, 11) is -4.19. The summed E-state index contributed by atoms with van der Waals surface area (Å²) in [6, 6.07) is 29.6. The molecule has 10 heteroatoms. The number of hydrogen-bond acceptors (Lipinski definition) is 4. The summed E-state index contributed by atoms with van der Waals surface area (Å²) in [5, 5.41) is 3.71. The Morgan fingerprint density at radius 2 is 1.40 bits per heavy atom. The Bertz CT molecular complexity index is 1600. The van der Waals surface area contributed by atoms with Gasteiger partial charge in [0, 0.05) is 29.6 Å². The second-order valence-corrected chi connectivity index (χ2v) is 12.3. The number of anilines is 1. The maximum atomic E-state index is 14.3. The van der Waals surface area contributed by atoms with E-state index in [1.807, 2.05) is 36.4 Å². The van der Waals surface area contributed by atoms with E-state index in [0.29, 0.717) is 27.8 Å². The number of nitrogens with zero attached hydrogens (tertiary/aromatic N) is 2. The molecule has 2 amide bonds. The zero-order chi connectivity index (χ0) is 30.1. The third kappa shape index (κ3) is 7.91. The van der Waals surface area contributed by atoms with Crippen LogP contribution in [-0.4, -0.2) is 44.3 Å². The van der Waals surface area contributed by atoms with Crippen LogP contribution in [-0.2, 0) is 32.6 Å². The molecule has 0 radical (unpaired) electrons. The van der Waals surface area contributed by atoms with E-state index < -0.39 is 28.5 Å². The first-order chi connectivity index (χ1) is 20.2. The third-order valence-corrected chi connectivity index (χ3v) is 8.86. The van der Waals surface area contributed by atoms with Gasteiger partial charge in [0.2, 0.25) is 11.8 Å². The standard InChI is InChI=1S/C32H31Cl2N3O4S/c1-2-35-32(39)30(21-24-10-5-3-6-11-24)36(22-25-12-9-13-27(34)20-25)31(38)23-37(28-14-7-4-8-15-28)42(40,41)29-18-16-26(33)17-19-29/h3-20,30H,2,21-23H2,1H3,(H,35,39)/t30-/m1/s1. The summed E-state index contributed by atoms with van der Waals surface area (Å²) in [6.45, 7) is 1.67. The Labute approximate surface area is 256 Å². The minimum atomic E-state index is -4.19. The second-order valence-electron chi connectivity index (χ2n) is 9.55. The molecule has 0 aliphatic heterocycles. The highest BCUT2D eigenvalue weighted by atomic mass is 35.5. The summed E-state index contributed by atoms with van der Waals surface area (Å²) < 4.78 is 28.9. The van der Waals surface area contributed by atoms with E-state index in [1.54, 1.807) is 55.5 Å². The number of sulfonamides is 1. The zero-order valence-corrected chi connectivity index (χ0v) is 25.3. The van der Waals surface area contributed by atoms with Crippen LogP contribution in [0.15, 0.2) is 114 Å². The van der Waals surface area contributed by atoms with Gasteiger partial charge in [-0.15, -0.1) is 0 Å². The van der Waals surface area contributed by atoms with Gasteiger partial charge in [-0.05, 0) is 66.6 Å². The average molecular weight is 625 g/mol. The molecule has 4 aromatic rings. The van der Waals surface area contributed by atoms with Crippen LogP contribution in [0.25, 0.3) is 0 Å². The largest absolute Gasteiger partial charge is 0.355 e. The smallest absolute Gasteiger partial charge is 0.264 e. The molecule has 4 rings (SSSR count). The predicted octanol–water partition coefficient (Wildman–Crippen LogP) is 5.96. The van der Waals surface area contributed by atoms with E-state index in [-0.39, 0.29) is 23.8 Å². The quantitative estimate of drug-likeness (QED) is 0.211. The predicted molar refractivity (Wildman–Crippen MR) is 167 cm³/mol. The van der Waals surface area contributed by atoms with Crippen molar-refractivity contribution in [3.05, 3.63) is 130 Å². The highest BCUT2D eigenvalue weighted by molar-refractivity contribution is 7.92. The van der Waals surface area contributed by atoms with Gasteiger partial charge in [-0.2, -0.15) is 0 Å². The summed E-state index contributed by atoms with van der Waals surface area (Å²) in [6.07, 6.45) is 0.230. The molecule has 0 saturated heterocycles. The van der Waals surface area contributed by atoms with Crippen molar-refractivity contribution in [2.24, 2.45) is 0 Å². The van der Waals surface area contributed by atoms with Gasteiger partial charge in [-0.3, -0.25) is 13.9 Å². The lowest BCUT2D eigenvalue weighted by atomic mass is 10.0. The number of rotatable bonds is 12. The SMILES string of the molecule is CCNC(=O)[C@@H](Cc1ccccc1)N(Cc1cccc(Cl)c1)C(=O)CN(c1ccccc1)S(=O)(=O)c1ccc(Cl)cc1. The van der Waals surface area contributed by atoms with E-state index in [0.717, 1.165) is 9.87 Å². The van der Waals surface area contributed by atoms with Gasteiger partial charge in [-0.1, -0.05) is 83.9 Å². The van der Waals surface area contributed by atoms with Crippen LogP contribution >= 0.6 is 23.2 Å². The lowest BCUT2D eigenvalue weighted by Crippen LogP contribution is -2.53. The molecule has 1 atom stereocenters. The number of likely N-dealkylation sites (N-methyl/N-ethyl adjacent to an activating group) is 1. The van der Waals surface area contributed by atoms with Gasteiger partial charge < -0.3 is 10.2 Å². The molecule has 0 fully saturated rings. The van der Waals surface area contributed by atoms with Gasteiger partial charge >= 0.3 is 0 Å². The van der Waals surface area contributed by atoms with Gasteiger partial charge in [0.1, 0.15) is 12.6 Å². The number of hydrogen-bond donors (Lipinski definition) is 1. The van der Waals surface area contributed by atoms with Crippen molar-refractivity contribution in [3.63, 3.8) is 0 Å². The Hall–Kier alpha value is -3.85. The van der Waals surface area contributed by atoms with E-state index in [1.165, 1.54) is 29.2 Å². The molecule has 0 saturated carbocycles. The van der Waals surface area contributed by atoms with Crippen molar-refractivity contribution in [1.82, 2.24) is 10.2 Å². The number of carbonyl (C=O) groups is 2. The van der Waals surface area contributed by atoms with Crippen LogP contribution in [0, 0.1) is 0 Å². The minimum Gasteiger partial charge on any atom is -0.355 e. The summed E-state index contributed by atoms with van der Waals surface area (Å²) in [5.41, 5.74) is 1.86. The molecule has 0 unspecified atom stereocenters. The third-order valence-electron chi connectivity index (χ3n) is 6.59. The average Bonchev–Trinajstić information content (AvgIpc) is 2.99. The lowest BCUT2D eigenvalue weighted by molar-refractivity contribution is -0.140. The minimum absolute atomic E-state index is 0.0190. The molecule has 218 valence electrons. The van der Waals surface area contributed by atoms with Crippen LogP contribution in [0.2, 0.25) is 10.0 Å². The van der Waals surface area contributed by atoms with E-state index in [4.69, 9.17) is 23.2 Å². The number of halogens is 2. The Kier molecular flexibility index (Phi) is 10.6. The first-order valence-electron chi connectivity index (χ1n) is 13.4. The molecular formula is C32H31Cl2N3O4S. The first kappa shape index (κ1) is 31.1. The maximum absolute atomic E-state index is 14.3. The van der Waals surface area contributed by atoms with Crippen LogP contribution < -0.4 is 9.62 Å².